The Balaban J connectivity index is 2.66. The predicted octanol–water partition coefficient (Wildman–Crippen LogP) is 2.81. The van der Waals surface area contributed by atoms with E-state index in [0.717, 1.165) is 4.90 Å². The van der Waals surface area contributed by atoms with Crippen molar-refractivity contribution in [1.29, 1.82) is 0 Å². The molecule has 0 radical (unpaired) electrons. The molecule has 5 heteroatoms. The number of amides is 1. The number of hydrogen-bond donors (Lipinski definition) is 2. The van der Waals surface area contributed by atoms with Crippen LogP contribution < -0.4 is 5.32 Å². The Hall–Kier alpha value is -0.710. The van der Waals surface area contributed by atoms with Crippen molar-refractivity contribution in [2.75, 3.05) is 19.4 Å². The van der Waals surface area contributed by atoms with Gasteiger partial charge >= 0.3 is 0 Å². The maximum absolute atomic E-state index is 12.0. The summed E-state index contributed by atoms with van der Waals surface area (Å²) < 4.78 is 0. The van der Waals surface area contributed by atoms with Gasteiger partial charge in [-0.1, -0.05) is 18.5 Å². The van der Waals surface area contributed by atoms with Crippen LogP contribution in [0.15, 0.2) is 23.1 Å². The van der Waals surface area contributed by atoms with Crippen molar-refractivity contribution in [2.45, 2.75) is 18.2 Å². The normalized spacial score (nSPS) is 12.2. The third-order valence-electron chi connectivity index (χ3n) is 2.65. The SMILES string of the molecule is CSc1ccc(Cl)c(C(=O)NCC(C)CCO)c1. The Kier molecular flexibility index (Phi) is 6.54. The van der Waals surface area contributed by atoms with Crippen LogP contribution in [0.2, 0.25) is 5.02 Å². The third-order valence-corrected chi connectivity index (χ3v) is 3.71. The highest BCUT2D eigenvalue weighted by molar-refractivity contribution is 7.98. The van der Waals surface area contributed by atoms with Crippen LogP contribution in [0.4, 0.5) is 0 Å². The third kappa shape index (κ3) is 4.52. The summed E-state index contributed by atoms with van der Waals surface area (Å²) >= 11 is 7.58. The van der Waals surface area contributed by atoms with Gasteiger partial charge < -0.3 is 10.4 Å². The molecule has 0 saturated carbocycles. The fourth-order valence-corrected chi connectivity index (χ4v) is 2.13. The van der Waals surface area contributed by atoms with Gasteiger partial charge in [0.25, 0.3) is 5.91 Å². The zero-order chi connectivity index (χ0) is 13.5. The van der Waals surface area contributed by atoms with E-state index in [2.05, 4.69) is 5.32 Å². The molecule has 2 N–H and O–H groups in total. The first-order valence-corrected chi connectivity index (χ1v) is 7.41. The van der Waals surface area contributed by atoms with E-state index in [1.165, 1.54) is 0 Å². The maximum atomic E-state index is 12.0. The van der Waals surface area contributed by atoms with Gasteiger partial charge in [0.1, 0.15) is 0 Å². The summed E-state index contributed by atoms with van der Waals surface area (Å²) in [6.45, 7) is 2.66. The van der Waals surface area contributed by atoms with Crippen LogP contribution >= 0.6 is 23.4 Å². The number of hydrogen-bond acceptors (Lipinski definition) is 3. The van der Waals surface area contributed by atoms with E-state index in [1.807, 2.05) is 19.2 Å². The van der Waals surface area contributed by atoms with Crippen LogP contribution in [-0.4, -0.2) is 30.4 Å². The molecule has 0 aliphatic carbocycles. The molecule has 1 unspecified atom stereocenters. The van der Waals surface area contributed by atoms with E-state index in [9.17, 15) is 4.79 Å². The first kappa shape index (κ1) is 15.3. The number of nitrogens with one attached hydrogen (secondary N) is 1. The molecular formula is C13H18ClNO2S. The topological polar surface area (TPSA) is 49.3 Å². The molecule has 0 spiro atoms. The van der Waals surface area contributed by atoms with Crippen LogP contribution in [0, 0.1) is 5.92 Å². The largest absolute Gasteiger partial charge is 0.396 e. The predicted molar refractivity (Wildman–Crippen MR) is 76.4 cm³/mol. The average Bonchev–Trinajstić information content (AvgIpc) is 2.37. The molecule has 0 fully saturated rings. The van der Waals surface area contributed by atoms with Gasteiger partial charge in [-0.25, -0.2) is 0 Å². The second kappa shape index (κ2) is 7.67. The molecule has 1 aromatic rings. The Morgan fingerprint density at radius 1 is 1.56 bits per heavy atom. The van der Waals surface area contributed by atoms with Crippen LogP contribution in [0.3, 0.4) is 0 Å². The van der Waals surface area contributed by atoms with Gasteiger partial charge in [-0.2, -0.15) is 0 Å². The second-order valence-corrected chi connectivity index (χ2v) is 5.46. The number of halogens is 1. The monoisotopic (exact) mass is 287 g/mol. The zero-order valence-corrected chi connectivity index (χ0v) is 12.1. The highest BCUT2D eigenvalue weighted by atomic mass is 35.5. The highest BCUT2D eigenvalue weighted by Crippen LogP contribution is 2.22. The number of rotatable bonds is 6. The van der Waals surface area contributed by atoms with E-state index in [1.54, 1.807) is 23.9 Å². The van der Waals surface area contributed by atoms with Gasteiger partial charge in [0.15, 0.2) is 0 Å². The van der Waals surface area contributed by atoms with Gasteiger partial charge in [-0.3, -0.25) is 4.79 Å². The van der Waals surface area contributed by atoms with Crippen molar-refractivity contribution in [3.8, 4) is 0 Å². The lowest BCUT2D eigenvalue weighted by Crippen LogP contribution is -2.28. The summed E-state index contributed by atoms with van der Waals surface area (Å²) in [6.07, 6.45) is 2.63. The number of aliphatic hydroxyl groups is 1. The molecule has 0 aliphatic rings. The van der Waals surface area contributed by atoms with Gasteiger partial charge in [0.2, 0.25) is 0 Å². The molecule has 0 bridgehead atoms. The molecule has 0 aromatic heterocycles. The minimum absolute atomic E-state index is 0.139. The first-order chi connectivity index (χ1) is 8.58. The van der Waals surface area contributed by atoms with Crippen molar-refractivity contribution < 1.29 is 9.90 Å². The Morgan fingerprint density at radius 2 is 2.28 bits per heavy atom. The molecular weight excluding hydrogens is 270 g/mol. The second-order valence-electron chi connectivity index (χ2n) is 4.17. The molecule has 1 amide bonds. The van der Waals surface area contributed by atoms with Crippen LogP contribution in [0.5, 0.6) is 0 Å². The minimum atomic E-state index is -0.166. The smallest absolute Gasteiger partial charge is 0.252 e. The van der Waals surface area contributed by atoms with Crippen LogP contribution in [0.25, 0.3) is 0 Å². The summed E-state index contributed by atoms with van der Waals surface area (Å²) in [6, 6.07) is 5.41. The van der Waals surface area contributed by atoms with Crippen molar-refractivity contribution >= 4 is 29.3 Å². The lowest BCUT2D eigenvalue weighted by atomic mass is 10.1. The molecule has 18 heavy (non-hydrogen) atoms. The van der Waals surface area contributed by atoms with Crippen molar-refractivity contribution in [2.24, 2.45) is 5.92 Å². The summed E-state index contributed by atoms with van der Waals surface area (Å²) in [4.78, 5) is 13.0. The van der Waals surface area contributed by atoms with Gasteiger partial charge in [-0.15, -0.1) is 11.8 Å². The van der Waals surface area contributed by atoms with Crippen molar-refractivity contribution in [3.05, 3.63) is 28.8 Å². The molecule has 3 nitrogen and oxygen atoms in total. The fraction of sp³-hybridized carbons (Fsp3) is 0.462. The summed E-state index contributed by atoms with van der Waals surface area (Å²) in [5, 5.41) is 12.1. The van der Waals surface area contributed by atoms with E-state index < -0.39 is 0 Å². The molecule has 1 atom stereocenters. The highest BCUT2D eigenvalue weighted by Gasteiger charge is 2.12. The number of carbonyl (C=O) groups excluding carboxylic acids is 1. The van der Waals surface area contributed by atoms with Crippen LogP contribution in [-0.2, 0) is 0 Å². The minimum Gasteiger partial charge on any atom is -0.396 e. The number of benzene rings is 1. The van der Waals surface area contributed by atoms with E-state index in [-0.39, 0.29) is 18.4 Å². The van der Waals surface area contributed by atoms with Gasteiger partial charge in [0.05, 0.1) is 10.6 Å². The van der Waals surface area contributed by atoms with E-state index >= 15 is 0 Å². The van der Waals surface area contributed by atoms with E-state index in [4.69, 9.17) is 16.7 Å². The number of carbonyl (C=O) groups is 1. The molecule has 0 aliphatic heterocycles. The van der Waals surface area contributed by atoms with Crippen molar-refractivity contribution in [3.63, 3.8) is 0 Å². The molecule has 0 saturated heterocycles. The summed E-state index contributed by atoms with van der Waals surface area (Å²) in [7, 11) is 0. The summed E-state index contributed by atoms with van der Waals surface area (Å²) in [5.74, 6) is 0.0853. The average molecular weight is 288 g/mol. The molecule has 1 rings (SSSR count). The van der Waals surface area contributed by atoms with Crippen LogP contribution in [0.1, 0.15) is 23.7 Å². The zero-order valence-electron chi connectivity index (χ0n) is 10.6. The van der Waals surface area contributed by atoms with Gasteiger partial charge in [-0.05, 0) is 36.8 Å². The molecule has 1 aromatic carbocycles. The van der Waals surface area contributed by atoms with Crippen molar-refractivity contribution in [1.82, 2.24) is 5.32 Å². The number of thioether (sulfide) groups is 1. The Morgan fingerprint density at radius 3 is 2.89 bits per heavy atom. The van der Waals surface area contributed by atoms with E-state index in [0.29, 0.717) is 23.6 Å². The van der Waals surface area contributed by atoms with Gasteiger partial charge in [0, 0.05) is 18.0 Å². The molecule has 0 heterocycles. The lowest BCUT2D eigenvalue weighted by molar-refractivity contribution is 0.0945. The first-order valence-electron chi connectivity index (χ1n) is 5.81. The quantitative estimate of drug-likeness (QED) is 0.791. The fourth-order valence-electron chi connectivity index (χ4n) is 1.49. The number of aliphatic hydroxyl groups excluding tert-OH is 1. The lowest BCUT2D eigenvalue weighted by Gasteiger charge is -2.12. The Labute approximate surface area is 117 Å². The standard InChI is InChI=1S/C13H18ClNO2S/c1-9(5-6-16)8-15-13(17)11-7-10(18-2)3-4-12(11)14/h3-4,7,9,16H,5-6,8H2,1-2H3,(H,15,17). The summed E-state index contributed by atoms with van der Waals surface area (Å²) in [5.41, 5.74) is 0.500. The molecule has 100 valence electrons. The Bertz CT molecular complexity index is 412. The maximum Gasteiger partial charge on any atom is 0.252 e.